The molecular formula is C31H21NO3. The highest BCUT2D eigenvalue weighted by Gasteiger charge is 2.41. The molecule has 35 heavy (non-hydrogen) atoms. The van der Waals surface area contributed by atoms with E-state index in [0.29, 0.717) is 22.3 Å². The van der Waals surface area contributed by atoms with E-state index in [1.165, 1.54) is 0 Å². The molecule has 1 heterocycles. The minimum atomic E-state index is -0.454. The molecule has 0 aliphatic carbocycles. The largest absolute Gasteiger partial charge is 0.286 e. The lowest BCUT2D eigenvalue weighted by atomic mass is 9.93. The van der Waals surface area contributed by atoms with E-state index < -0.39 is 11.8 Å². The molecule has 0 saturated carbocycles. The molecule has 0 radical (unpaired) electrons. The van der Waals surface area contributed by atoms with Crippen LogP contribution >= 0.6 is 0 Å². The zero-order chi connectivity index (χ0) is 23.8. The van der Waals surface area contributed by atoms with E-state index in [9.17, 15) is 9.59 Å². The van der Waals surface area contributed by atoms with E-state index in [-0.39, 0.29) is 6.61 Å². The molecule has 5 aromatic rings. The number of hydroxylamine groups is 2. The summed E-state index contributed by atoms with van der Waals surface area (Å²) in [6, 6.07) is 37.1. The van der Waals surface area contributed by atoms with Gasteiger partial charge in [0, 0.05) is 0 Å². The fourth-order valence-electron chi connectivity index (χ4n) is 4.57. The first kappa shape index (κ1) is 21.0. The first-order chi connectivity index (χ1) is 17.2. The van der Waals surface area contributed by atoms with Crippen molar-refractivity contribution in [2.75, 3.05) is 0 Å². The fraction of sp³-hybridized carbons (Fsp3) is 0.0323. The monoisotopic (exact) mass is 455 g/mol. The molecule has 0 bridgehead atoms. The number of fused-ring (bicyclic) bond motifs is 2. The van der Waals surface area contributed by atoms with Gasteiger partial charge in [0.05, 0.1) is 11.1 Å². The lowest BCUT2D eigenvalue weighted by Crippen LogP contribution is -2.31. The minimum absolute atomic E-state index is 0.119. The summed E-state index contributed by atoms with van der Waals surface area (Å²) in [5, 5.41) is 5.04. The van der Waals surface area contributed by atoms with Crippen molar-refractivity contribution in [3.05, 3.63) is 132 Å². The maximum Gasteiger partial charge on any atom is 0.286 e. The molecule has 168 valence electrons. The van der Waals surface area contributed by atoms with Gasteiger partial charge >= 0.3 is 0 Å². The van der Waals surface area contributed by atoms with E-state index in [1.54, 1.807) is 0 Å². The van der Waals surface area contributed by atoms with Gasteiger partial charge in [0.1, 0.15) is 6.61 Å². The third kappa shape index (κ3) is 3.80. The number of imide groups is 1. The third-order valence-corrected chi connectivity index (χ3v) is 6.33. The van der Waals surface area contributed by atoms with Crippen LogP contribution in [0, 0.1) is 0 Å². The zero-order valence-corrected chi connectivity index (χ0v) is 18.8. The predicted octanol–water partition coefficient (Wildman–Crippen LogP) is 6.40. The molecule has 6 rings (SSSR count). The second-order valence-electron chi connectivity index (χ2n) is 8.54. The normalized spacial score (nSPS) is 13.9. The Morgan fingerprint density at radius 2 is 0.971 bits per heavy atom. The van der Waals surface area contributed by atoms with Crippen LogP contribution in [-0.2, 0) is 21.0 Å². The lowest BCUT2D eigenvalue weighted by molar-refractivity contribution is -0.188. The minimum Gasteiger partial charge on any atom is -0.266 e. The molecule has 5 aromatic carbocycles. The molecule has 0 N–H and O–H groups in total. The van der Waals surface area contributed by atoms with Crippen LogP contribution < -0.4 is 0 Å². The summed E-state index contributed by atoms with van der Waals surface area (Å²) in [5.41, 5.74) is 2.96. The van der Waals surface area contributed by atoms with Gasteiger partial charge < -0.3 is 0 Å². The Labute approximate surface area is 202 Å². The van der Waals surface area contributed by atoms with Gasteiger partial charge in [-0.25, -0.2) is 0 Å². The highest BCUT2D eigenvalue weighted by atomic mass is 16.7. The molecule has 1 aliphatic heterocycles. The Hall–Kier alpha value is -4.54. The molecule has 0 atom stereocenters. The number of hydrogen-bond donors (Lipinski definition) is 0. The quantitative estimate of drug-likeness (QED) is 0.288. The summed E-state index contributed by atoms with van der Waals surface area (Å²) >= 11 is 0. The summed E-state index contributed by atoms with van der Waals surface area (Å²) in [7, 11) is 0. The third-order valence-electron chi connectivity index (χ3n) is 6.33. The molecule has 0 saturated heterocycles. The van der Waals surface area contributed by atoms with Crippen LogP contribution in [0.4, 0.5) is 0 Å². The maximum absolute atomic E-state index is 13.6. The van der Waals surface area contributed by atoms with Crippen molar-refractivity contribution in [2.45, 2.75) is 6.61 Å². The van der Waals surface area contributed by atoms with Crippen molar-refractivity contribution in [2.24, 2.45) is 0 Å². The summed E-state index contributed by atoms with van der Waals surface area (Å²) in [6.45, 7) is 0.119. The van der Waals surface area contributed by atoms with Gasteiger partial charge in [-0.05, 0) is 50.4 Å². The van der Waals surface area contributed by atoms with Crippen LogP contribution in [0.5, 0.6) is 0 Å². The van der Waals surface area contributed by atoms with Gasteiger partial charge in [-0.1, -0.05) is 103 Å². The summed E-state index contributed by atoms with van der Waals surface area (Å²) in [5.74, 6) is -0.909. The van der Waals surface area contributed by atoms with Crippen molar-refractivity contribution < 1.29 is 14.4 Å². The van der Waals surface area contributed by atoms with Gasteiger partial charge in [-0.3, -0.25) is 14.4 Å². The van der Waals surface area contributed by atoms with E-state index in [0.717, 1.165) is 32.2 Å². The number of rotatable bonds is 5. The molecule has 0 aromatic heterocycles. The molecule has 4 nitrogen and oxygen atoms in total. The Bertz CT molecular complexity index is 1530. The van der Waals surface area contributed by atoms with Crippen LogP contribution in [0.1, 0.15) is 16.7 Å². The second-order valence-corrected chi connectivity index (χ2v) is 8.54. The Balaban J connectivity index is 1.47. The molecule has 0 spiro atoms. The van der Waals surface area contributed by atoms with Gasteiger partial charge in [0.25, 0.3) is 11.8 Å². The van der Waals surface area contributed by atoms with Crippen LogP contribution in [0.2, 0.25) is 0 Å². The van der Waals surface area contributed by atoms with Gasteiger partial charge in [-0.15, -0.1) is 5.06 Å². The number of nitrogens with zero attached hydrogens (tertiary/aromatic N) is 1. The standard InChI is InChI=1S/C31H21NO3/c33-30-28(26-16-14-22-10-4-6-12-24(22)18-26)29(27-17-15-23-11-5-7-13-25(23)19-27)31(34)32(30)35-20-21-8-2-1-3-9-21/h1-19H,20H2. The molecule has 4 heteroatoms. The van der Waals surface area contributed by atoms with Gasteiger partial charge in [0.15, 0.2) is 0 Å². The zero-order valence-electron chi connectivity index (χ0n) is 18.8. The topological polar surface area (TPSA) is 46.6 Å². The summed E-state index contributed by atoms with van der Waals surface area (Å²) < 4.78 is 0. The number of amides is 2. The van der Waals surface area contributed by atoms with E-state index in [1.807, 2.05) is 115 Å². The van der Waals surface area contributed by atoms with Crippen molar-refractivity contribution in [3.63, 3.8) is 0 Å². The van der Waals surface area contributed by atoms with E-state index in [4.69, 9.17) is 4.84 Å². The average Bonchev–Trinajstić information content (AvgIpc) is 3.16. The van der Waals surface area contributed by atoms with Crippen molar-refractivity contribution in [1.82, 2.24) is 5.06 Å². The summed E-state index contributed by atoms with van der Waals surface area (Å²) in [4.78, 5) is 33.1. The van der Waals surface area contributed by atoms with E-state index >= 15 is 0 Å². The SMILES string of the molecule is O=C1C(c2ccc3ccccc3c2)=C(c2ccc3ccccc3c2)C(=O)N1OCc1ccccc1. The smallest absolute Gasteiger partial charge is 0.266 e. The maximum atomic E-state index is 13.6. The van der Waals surface area contributed by atoms with Crippen LogP contribution in [0.25, 0.3) is 32.7 Å². The lowest BCUT2D eigenvalue weighted by Gasteiger charge is -2.15. The number of benzene rings is 5. The highest BCUT2D eigenvalue weighted by molar-refractivity contribution is 6.48. The van der Waals surface area contributed by atoms with Crippen LogP contribution in [-0.4, -0.2) is 16.9 Å². The van der Waals surface area contributed by atoms with Crippen molar-refractivity contribution >= 4 is 44.5 Å². The van der Waals surface area contributed by atoms with Crippen molar-refractivity contribution in [3.8, 4) is 0 Å². The van der Waals surface area contributed by atoms with Gasteiger partial charge in [-0.2, -0.15) is 0 Å². The average molecular weight is 456 g/mol. The first-order valence-electron chi connectivity index (χ1n) is 11.5. The number of hydrogen-bond acceptors (Lipinski definition) is 3. The van der Waals surface area contributed by atoms with Crippen LogP contribution in [0.15, 0.2) is 115 Å². The van der Waals surface area contributed by atoms with Crippen molar-refractivity contribution in [1.29, 1.82) is 0 Å². The number of carbonyl (C=O) groups is 2. The van der Waals surface area contributed by atoms with E-state index in [2.05, 4.69) is 0 Å². The van der Waals surface area contributed by atoms with Gasteiger partial charge in [0.2, 0.25) is 0 Å². The van der Waals surface area contributed by atoms with Crippen LogP contribution in [0.3, 0.4) is 0 Å². The molecular weight excluding hydrogens is 434 g/mol. The number of carbonyl (C=O) groups excluding carboxylic acids is 2. The molecule has 0 unspecified atom stereocenters. The Morgan fingerprint density at radius 1 is 0.514 bits per heavy atom. The molecule has 1 aliphatic rings. The molecule has 0 fully saturated rings. The second kappa shape index (κ2) is 8.67. The summed E-state index contributed by atoms with van der Waals surface area (Å²) in [6.07, 6.45) is 0. The Kier molecular flexibility index (Phi) is 5.21. The predicted molar refractivity (Wildman–Crippen MR) is 138 cm³/mol. The fourth-order valence-corrected chi connectivity index (χ4v) is 4.57. The first-order valence-corrected chi connectivity index (χ1v) is 11.5. The molecule has 2 amide bonds. The highest BCUT2D eigenvalue weighted by Crippen LogP contribution is 2.38. The Morgan fingerprint density at radius 3 is 1.49 bits per heavy atom.